The van der Waals surface area contributed by atoms with Crippen LogP contribution in [0.1, 0.15) is 50.9 Å². The van der Waals surface area contributed by atoms with Gasteiger partial charge in [-0.15, -0.1) is 0 Å². The maximum atomic E-state index is 14.2. The second-order valence-corrected chi connectivity index (χ2v) is 15.0. The zero-order valence-electron chi connectivity index (χ0n) is 34.2. The molecular formula is C46H50F2N8O4. The number of fused-ring (bicyclic) bond motifs is 2. The summed E-state index contributed by atoms with van der Waals surface area (Å²) in [7, 11) is 0. The molecule has 0 bridgehead atoms. The quantitative estimate of drug-likeness (QED) is 0.112. The Kier molecular flexibility index (Phi) is 14.4. The first kappa shape index (κ1) is 43.2. The molecule has 0 radical (unpaired) electrons. The topological polar surface area (TPSA) is 157 Å². The van der Waals surface area contributed by atoms with Crippen molar-refractivity contribution in [1.82, 2.24) is 30.6 Å². The van der Waals surface area contributed by atoms with Crippen LogP contribution in [-0.4, -0.2) is 94.4 Å². The molecule has 12 nitrogen and oxygen atoms in total. The highest BCUT2D eigenvalue weighted by Crippen LogP contribution is 2.33. The molecule has 0 saturated carbocycles. The zero-order valence-corrected chi connectivity index (χ0v) is 34.2. The lowest BCUT2D eigenvalue weighted by molar-refractivity contribution is -0.134. The average molecular weight is 817 g/mol. The number of nitrogens with one attached hydrogen (secondary N) is 2. The molecule has 2 fully saturated rings. The van der Waals surface area contributed by atoms with Gasteiger partial charge in [0.05, 0.1) is 11.4 Å². The molecule has 4 N–H and O–H groups in total. The SMILES string of the molecule is CC(C)c1cc(-c2ccc(F)c3ccccc23)nc(N2CCNCC2)n1.CC(C)c1cc(-c2ccc(F)c3ccccc23)nc(N2CCNCC2)n1.O=C(O)/C=C/C(=O)O. The number of piperazine rings is 2. The Morgan fingerprint density at radius 1 is 0.567 bits per heavy atom. The lowest BCUT2D eigenvalue weighted by Crippen LogP contribution is -2.44. The molecule has 2 saturated heterocycles. The largest absolute Gasteiger partial charge is 0.478 e. The van der Waals surface area contributed by atoms with Crippen molar-refractivity contribution in [3.8, 4) is 22.5 Å². The van der Waals surface area contributed by atoms with E-state index in [1.807, 2.05) is 72.8 Å². The van der Waals surface area contributed by atoms with E-state index in [2.05, 4.69) is 48.1 Å². The van der Waals surface area contributed by atoms with Crippen molar-refractivity contribution in [2.45, 2.75) is 39.5 Å². The maximum absolute atomic E-state index is 14.2. The van der Waals surface area contributed by atoms with E-state index in [1.165, 1.54) is 12.1 Å². The van der Waals surface area contributed by atoms with Gasteiger partial charge in [-0.1, -0.05) is 76.2 Å². The number of carboxylic acid groups (broad SMARTS) is 2. The molecule has 312 valence electrons. The van der Waals surface area contributed by atoms with Crippen LogP contribution in [0.3, 0.4) is 0 Å². The first-order chi connectivity index (χ1) is 28.9. The predicted molar refractivity (Wildman–Crippen MR) is 233 cm³/mol. The van der Waals surface area contributed by atoms with Gasteiger partial charge in [-0.3, -0.25) is 0 Å². The summed E-state index contributed by atoms with van der Waals surface area (Å²) in [5.74, 6) is -0.799. The van der Waals surface area contributed by atoms with Crippen molar-refractivity contribution in [2.24, 2.45) is 0 Å². The average Bonchev–Trinajstić information content (AvgIpc) is 3.27. The molecule has 0 unspecified atom stereocenters. The molecule has 2 aliphatic heterocycles. The Morgan fingerprint density at radius 3 is 1.25 bits per heavy atom. The lowest BCUT2D eigenvalue weighted by atomic mass is 10.00. The Balaban J connectivity index is 0.000000171. The number of aromatic nitrogens is 4. The number of aliphatic carboxylic acids is 2. The van der Waals surface area contributed by atoms with Gasteiger partial charge in [0.15, 0.2) is 0 Å². The fraction of sp³-hybridized carbons (Fsp3) is 0.304. The monoisotopic (exact) mass is 816 g/mol. The number of benzene rings is 4. The third-order valence-corrected chi connectivity index (χ3v) is 10.1. The van der Waals surface area contributed by atoms with Crippen molar-refractivity contribution in [3.63, 3.8) is 0 Å². The third-order valence-electron chi connectivity index (χ3n) is 10.1. The Bertz CT molecular complexity index is 2310. The van der Waals surface area contributed by atoms with Crippen LogP contribution in [0.5, 0.6) is 0 Å². The molecule has 8 rings (SSSR count). The van der Waals surface area contributed by atoms with Gasteiger partial charge in [0.1, 0.15) is 11.6 Å². The van der Waals surface area contributed by atoms with Crippen LogP contribution in [0.25, 0.3) is 44.1 Å². The molecule has 60 heavy (non-hydrogen) atoms. The van der Waals surface area contributed by atoms with Gasteiger partial charge >= 0.3 is 11.9 Å². The second-order valence-electron chi connectivity index (χ2n) is 15.0. The third kappa shape index (κ3) is 10.8. The standard InChI is InChI=1S/2C21H23FN4.C4H4O4/c2*1-14(2)19-13-20(25-21(24-19)26-11-9-23-10-12-26)17-7-8-18(22)16-6-4-3-5-15(16)17;5-3(6)1-2-4(7)8/h2*3-8,13-14,23H,9-12H2,1-2H3;1-2H,(H,5,6)(H,7,8)/b;;2-1+. The Hall–Kier alpha value is -6.38. The molecular weight excluding hydrogens is 767 g/mol. The number of hydrogen-bond donors (Lipinski definition) is 4. The van der Waals surface area contributed by atoms with E-state index in [0.29, 0.717) is 34.8 Å². The molecule has 2 aromatic heterocycles. The van der Waals surface area contributed by atoms with Crippen molar-refractivity contribution >= 4 is 45.4 Å². The van der Waals surface area contributed by atoms with Crippen LogP contribution in [0, 0.1) is 11.6 Å². The minimum absolute atomic E-state index is 0.204. The summed E-state index contributed by atoms with van der Waals surface area (Å²) < 4.78 is 28.4. The molecule has 6 aromatic rings. The molecule has 2 aliphatic rings. The fourth-order valence-corrected chi connectivity index (χ4v) is 6.90. The van der Waals surface area contributed by atoms with E-state index in [-0.39, 0.29) is 11.6 Å². The molecule has 0 spiro atoms. The minimum Gasteiger partial charge on any atom is -0.478 e. The first-order valence-corrected chi connectivity index (χ1v) is 20.1. The highest BCUT2D eigenvalue weighted by molar-refractivity contribution is 5.97. The van der Waals surface area contributed by atoms with E-state index >= 15 is 0 Å². The van der Waals surface area contributed by atoms with Crippen LogP contribution >= 0.6 is 0 Å². The van der Waals surface area contributed by atoms with Crippen LogP contribution in [-0.2, 0) is 9.59 Å². The summed E-state index contributed by atoms with van der Waals surface area (Å²) in [5, 5.41) is 25.4. The smallest absolute Gasteiger partial charge is 0.328 e. The van der Waals surface area contributed by atoms with E-state index in [1.54, 1.807) is 0 Å². The predicted octanol–water partition coefficient (Wildman–Crippen LogP) is 7.65. The number of hydrogen-bond acceptors (Lipinski definition) is 10. The Morgan fingerprint density at radius 2 is 0.917 bits per heavy atom. The molecule has 0 aliphatic carbocycles. The normalized spacial score (nSPS) is 14.3. The number of halogens is 2. The number of carboxylic acids is 2. The maximum Gasteiger partial charge on any atom is 0.328 e. The van der Waals surface area contributed by atoms with Gasteiger partial charge in [0.2, 0.25) is 11.9 Å². The number of rotatable bonds is 8. The van der Waals surface area contributed by atoms with Gasteiger partial charge in [-0.2, -0.15) is 0 Å². The number of carbonyl (C=O) groups is 2. The second kappa shape index (κ2) is 20.1. The summed E-state index contributed by atoms with van der Waals surface area (Å²) in [6.07, 6.45) is 1.12. The summed E-state index contributed by atoms with van der Waals surface area (Å²) in [6, 6.07) is 25.9. The van der Waals surface area contributed by atoms with Gasteiger partial charge in [-0.05, 0) is 59.0 Å². The van der Waals surface area contributed by atoms with E-state index < -0.39 is 11.9 Å². The first-order valence-electron chi connectivity index (χ1n) is 20.1. The molecule has 0 amide bonds. The zero-order chi connectivity index (χ0) is 42.8. The number of anilines is 2. The summed E-state index contributed by atoms with van der Waals surface area (Å²) in [6.45, 7) is 15.9. The summed E-state index contributed by atoms with van der Waals surface area (Å²) in [5.41, 5.74) is 5.63. The van der Waals surface area contributed by atoms with Gasteiger partial charge in [0, 0.05) is 97.8 Å². The minimum atomic E-state index is -1.26. The molecule has 14 heteroatoms. The summed E-state index contributed by atoms with van der Waals surface area (Å²) in [4.78, 5) is 42.8. The number of nitrogens with zero attached hydrogens (tertiary/aromatic N) is 6. The molecule has 0 atom stereocenters. The Labute approximate surface area is 348 Å². The van der Waals surface area contributed by atoms with Crippen molar-refractivity contribution in [3.05, 3.63) is 120 Å². The van der Waals surface area contributed by atoms with Crippen LogP contribution in [0.15, 0.2) is 97.1 Å². The van der Waals surface area contributed by atoms with E-state index in [0.717, 1.165) is 109 Å². The van der Waals surface area contributed by atoms with Gasteiger partial charge in [-0.25, -0.2) is 38.3 Å². The summed E-state index contributed by atoms with van der Waals surface area (Å²) >= 11 is 0. The van der Waals surface area contributed by atoms with Crippen molar-refractivity contribution in [1.29, 1.82) is 0 Å². The van der Waals surface area contributed by atoms with Gasteiger partial charge in [0.25, 0.3) is 0 Å². The van der Waals surface area contributed by atoms with Crippen LogP contribution in [0.4, 0.5) is 20.7 Å². The molecule has 4 heterocycles. The fourth-order valence-electron chi connectivity index (χ4n) is 6.90. The van der Waals surface area contributed by atoms with Gasteiger partial charge < -0.3 is 30.6 Å². The highest BCUT2D eigenvalue weighted by Gasteiger charge is 2.20. The van der Waals surface area contributed by atoms with E-state index in [9.17, 15) is 18.4 Å². The molecule has 4 aromatic carbocycles. The highest BCUT2D eigenvalue weighted by atomic mass is 19.1. The van der Waals surface area contributed by atoms with E-state index in [4.69, 9.17) is 30.1 Å². The lowest BCUT2D eigenvalue weighted by Gasteiger charge is -2.28. The van der Waals surface area contributed by atoms with Crippen molar-refractivity contribution < 1.29 is 28.6 Å². The van der Waals surface area contributed by atoms with Crippen LogP contribution < -0.4 is 20.4 Å². The van der Waals surface area contributed by atoms with Crippen LogP contribution in [0.2, 0.25) is 0 Å². The van der Waals surface area contributed by atoms with Crippen molar-refractivity contribution in [2.75, 3.05) is 62.2 Å².